The third kappa shape index (κ3) is 4.67. The summed E-state index contributed by atoms with van der Waals surface area (Å²) in [5.41, 5.74) is 3.05. The highest BCUT2D eigenvalue weighted by atomic mass is 16.2. The lowest BCUT2D eigenvalue weighted by Gasteiger charge is -2.32. The van der Waals surface area contributed by atoms with Gasteiger partial charge in [0, 0.05) is 16.9 Å². The molecule has 0 saturated carbocycles. The maximum atomic E-state index is 13.5. The van der Waals surface area contributed by atoms with Crippen molar-refractivity contribution in [2.45, 2.75) is 12.1 Å². The SMILES string of the molecule is O=C(Nc1ccccc1)NC(c1ccccc1)C1c2ccccc2C(=O)N1C(=O)Nc1ccccc1. The summed E-state index contributed by atoms with van der Waals surface area (Å²) in [6.07, 6.45) is 0. The van der Waals surface area contributed by atoms with E-state index in [9.17, 15) is 14.4 Å². The Labute approximate surface area is 208 Å². The Morgan fingerprint density at radius 1 is 0.667 bits per heavy atom. The van der Waals surface area contributed by atoms with Crippen molar-refractivity contribution in [3.63, 3.8) is 0 Å². The number of nitrogens with one attached hydrogen (secondary N) is 3. The third-order valence-electron chi connectivity index (χ3n) is 6.04. The highest BCUT2D eigenvalue weighted by Gasteiger charge is 2.45. The third-order valence-corrected chi connectivity index (χ3v) is 6.04. The number of nitrogens with zero attached hydrogens (tertiary/aromatic N) is 1. The largest absolute Gasteiger partial charge is 0.329 e. The molecule has 3 N–H and O–H groups in total. The molecule has 0 spiro atoms. The molecule has 4 aromatic carbocycles. The molecule has 5 amide bonds. The highest BCUT2D eigenvalue weighted by Crippen LogP contribution is 2.42. The van der Waals surface area contributed by atoms with Crippen LogP contribution < -0.4 is 16.0 Å². The summed E-state index contributed by atoms with van der Waals surface area (Å²) in [6, 6.07) is 32.0. The van der Waals surface area contributed by atoms with E-state index in [1.54, 1.807) is 48.5 Å². The number of carbonyl (C=O) groups excluding carboxylic acids is 3. The second kappa shape index (κ2) is 10.1. The lowest BCUT2D eigenvalue weighted by Crippen LogP contribution is -2.45. The number of amides is 5. The van der Waals surface area contributed by atoms with E-state index in [1.165, 1.54) is 4.90 Å². The van der Waals surface area contributed by atoms with Crippen LogP contribution in [0.15, 0.2) is 115 Å². The molecule has 1 aliphatic rings. The Kier molecular flexibility index (Phi) is 6.44. The quantitative estimate of drug-likeness (QED) is 0.331. The molecule has 7 heteroatoms. The predicted octanol–water partition coefficient (Wildman–Crippen LogP) is 5.98. The van der Waals surface area contributed by atoms with Crippen LogP contribution in [0.2, 0.25) is 0 Å². The molecule has 1 heterocycles. The van der Waals surface area contributed by atoms with Crippen LogP contribution in [0.25, 0.3) is 0 Å². The standard InChI is InChI=1S/C29H24N4O3/c34-27-24-19-11-10-18-23(24)26(33(27)29(36)31-22-16-8-3-9-17-22)25(20-12-4-1-5-13-20)32-28(35)30-21-14-6-2-7-15-21/h1-19,25-26H,(H,31,36)(H2,30,32,35). The number of hydrogen-bond donors (Lipinski definition) is 3. The van der Waals surface area contributed by atoms with Crippen LogP contribution in [0, 0.1) is 0 Å². The molecule has 2 atom stereocenters. The molecular weight excluding hydrogens is 452 g/mol. The highest BCUT2D eigenvalue weighted by molar-refractivity contribution is 6.11. The molecule has 36 heavy (non-hydrogen) atoms. The van der Waals surface area contributed by atoms with E-state index < -0.39 is 30.1 Å². The number of para-hydroxylation sites is 2. The van der Waals surface area contributed by atoms with Gasteiger partial charge in [-0.1, -0.05) is 84.9 Å². The molecule has 5 rings (SSSR count). The maximum Gasteiger partial charge on any atom is 0.329 e. The van der Waals surface area contributed by atoms with Gasteiger partial charge in [0.2, 0.25) is 0 Å². The summed E-state index contributed by atoms with van der Waals surface area (Å²) in [6.45, 7) is 0. The number of carbonyl (C=O) groups is 3. The molecule has 0 aliphatic carbocycles. The number of urea groups is 2. The number of imide groups is 1. The van der Waals surface area contributed by atoms with Crippen molar-refractivity contribution in [1.29, 1.82) is 0 Å². The van der Waals surface area contributed by atoms with Crippen molar-refractivity contribution in [3.8, 4) is 0 Å². The van der Waals surface area contributed by atoms with Crippen LogP contribution in [-0.2, 0) is 0 Å². The number of fused-ring (bicyclic) bond motifs is 1. The molecular formula is C29H24N4O3. The molecule has 4 aromatic rings. The van der Waals surface area contributed by atoms with E-state index in [2.05, 4.69) is 16.0 Å². The summed E-state index contributed by atoms with van der Waals surface area (Å²) in [5, 5.41) is 8.66. The van der Waals surface area contributed by atoms with Gasteiger partial charge in [-0.25, -0.2) is 14.5 Å². The van der Waals surface area contributed by atoms with E-state index in [1.807, 2.05) is 66.7 Å². The summed E-state index contributed by atoms with van der Waals surface area (Å²) >= 11 is 0. The van der Waals surface area contributed by atoms with E-state index in [-0.39, 0.29) is 0 Å². The predicted molar refractivity (Wildman–Crippen MR) is 139 cm³/mol. The Bertz CT molecular complexity index is 1380. The van der Waals surface area contributed by atoms with Gasteiger partial charge in [0.15, 0.2) is 0 Å². The zero-order chi connectivity index (χ0) is 24.9. The molecule has 2 unspecified atom stereocenters. The first-order valence-electron chi connectivity index (χ1n) is 11.6. The maximum absolute atomic E-state index is 13.5. The normalized spacial score (nSPS) is 15.1. The van der Waals surface area contributed by atoms with Gasteiger partial charge in [0.05, 0.1) is 12.1 Å². The second-order valence-corrected chi connectivity index (χ2v) is 8.36. The van der Waals surface area contributed by atoms with Crippen LogP contribution >= 0.6 is 0 Å². The number of hydrogen-bond acceptors (Lipinski definition) is 3. The fourth-order valence-corrected chi connectivity index (χ4v) is 4.43. The van der Waals surface area contributed by atoms with E-state index in [0.717, 1.165) is 5.56 Å². The number of anilines is 2. The van der Waals surface area contributed by atoms with Crippen molar-refractivity contribution in [2.24, 2.45) is 0 Å². The first-order chi connectivity index (χ1) is 17.6. The zero-order valence-electron chi connectivity index (χ0n) is 19.3. The molecule has 178 valence electrons. The minimum atomic E-state index is -0.763. The molecule has 0 bridgehead atoms. The molecule has 7 nitrogen and oxygen atoms in total. The van der Waals surface area contributed by atoms with Crippen molar-refractivity contribution in [1.82, 2.24) is 10.2 Å². The van der Waals surface area contributed by atoms with Crippen LogP contribution in [0.4, 0.5) is 21.0 Å². The van der Waals surface area contributed by atoms with Gasteiger partial charge >= 0.3 is 12.1 Å². The van der Waals surface area contributed by atoms with E-state index >= 15 is 0 Å². The topological polar surface area (TPSA) is 90.5 Å². The van der Waals surface area contributed by atoms with Crippen LogP contribution in [0.3, 0.4) is 0 Å². The average Bonchev–Trinajstić information content (AvgIpc) is 3.21. The summed E-state index contributed by atoms with van der Waals surface area (Å²) < 4.78 is 0. The second-order valence-electron chi connectivity index (χ2n) is 8.36. The van der Waals surface area contributed by atoms with Gasteiger partial charge in [-0.3, -0.25) is 4.79 Å². The first-order valence-corrected chi connectivity index (χ1v) is 11.6. The summed E-state index contributed by atoms with van der Waals surface area (Å²) in [5.74, 6) is -0.421. The van der Waals surface area contributed by atoms with Gasteiger partial charge in [-0.2, -0.15) is 0 Å². The van der Waals surface area contributed by atoms with Gasteiger partial charge in [-0.15, -0.1) is 0 Å². The van der Waals surface area contributed by atoms with Crippen molar-refractivity contribution in [3.05, 3.63) is 132 Å². The van der Waals surface area contributed by atoms with Gasteiger partial charge in [0.25, 0.3) is 5.91 Å². The summed E-state index contributed by atoms with van der Waals surface area (Å²) in [7, 11) is 0. The van der Waals surface area contributed by atoms with Gasteiger partial charge in [0.1, 0.15) is 0 Å². The lowest BCUT2D eigenvalue weighted by molar-refractivity contribution is 0.0770. The molecule has 0 saturated heterocycles. The van der Waals surface area contributed by atoms with E-state index in [4.69, 9.17) is 0 Å². The van der Waals surface area contributed by atoms with Gasteiger partial charge < -0.3 is 16.0 Å². The van der Waals surface area contributed by atoms with Crippen LogP contribution in [-0.4, -0.2) is 22.9 Å². The Hall–Kier alpha value is -4.91. The monoisotopic (exact) mass is 476 g/mol. The van der Waals surface area contributed by atoms with Crippen molar-refractivity contribution < 1.29 is 14.4 Å². The fraction of sp³-hybridized carbons (Fsp3) is 0.0690. The number of rotatable bonds is 5. The van der Waals surface area contributed by atoms with Crippen molar-refractivity contribution >= 4 is 29.3 Å². The first kappa shape index (κ1) is 22.9. The van der Waals surface area contributed by atoms with E-state index in [0.29, 0.717) is 22.5 Å². The lowest BCUT2D eigenvalue weighted by atomic mass is 9.93. The molecule has 0 radical (unpaired) electrons. The Morgan fingerprint density at radius 3 is 1.83 bits per heavy atom. The molecule has 0 aromatic heterocycles. The minimum Gasteiger partial charge on any atom is -0.329 e. The zero-order valence-corrected chi connectivity index (χ0v) is 19.3. The Balaban J connectivity index is 1.53. The molecule has 0 fully saturated rings. The average molecular weight is 477 g/mol. The number of benzene rings is 4. The Morgan fingerprint density at radius 2 is 1.19 bits per heavy atom. The van der Waals surface area contributed by atoms with Gasteiger partial charge in [-0.05, 0) is 41.5 Å². The van der Waals surface area contributed by atoms with Crippen LogP contribution in [0.1, 0.15) is 33.6 Å². The smallest absolute Gasteiger partial charge is 0.329 e. The molecule has 1 aliphatic heterocycles. The fourth-order valence-electron chi connectivity index (χ4n) is 4.43. The summed E-state index contributed by atoms with van der Waals surface area (Å²) in [4.78, 5) is 41.3. The minimum absolute atomic E-state index is 0.421. The van der Waals surface area contributed by atoms with Crippen LogP contribution in [0.5, 0.6) is 0 Å². The van der Waals surface area contributed by atoms with Crippen molar-refractivity contribution in [2.75, 3.05) is 10.6 Å².